The van der Waals surface area contributed by atoms with Gasteiger partial charge in [0, 0.05) is 51.0 Å². The Morgan fingerprint density at radius 2 is 1.85 bits per heavy atom. The van der Waals surface area contributed by atoms with E-state index in [1.807, 2.05) is 38.7 Å². The predicted octanol–water partition coefficient (Wildman–Crippen LogP) is 3.33. The molecule has 9 nitrogen and oxygen atoms in total. The molecule has 2 aliphatic rings. The number of carbonyl (C=O) groups is 2. The fraction of sp³-hybridized carbons (Fsp3) is 0.483. The van der Waals surface area contributed by atoms with Crippen LogP contribution in [0.5, 0.6) is 0 Å². The van der Waals surface area contributed by atoms with Crippen molar-refractivity contribution in [2.24, 2.45) is 17.8 Å². The molecule has 0 aliphatic carbocycles. The second-order valence-corrected chi connectivity index (χ2v) is 11.1. The second-order valence-electron chi connectivity index (χ2n) is 11.1. The average molecular weight is 534 g/mol. The molecule has 2 fully saturated rings. The number of hydrogen-bond acceptors (Lipinski definition) is 6. The van der Waals surface area contributed by atoms with E-state index in [4.69, 9.17) is 0 Å². The SMILES string of the molecule is Cc1nn(-c2cnccn2)c(C)c1C(=O)N1CC2CN(CC[C@H](NC(=O)C(C)C)c3cccc(F)c3)CC2C1. The Labute approximate surface area is 228 Å². The van der Waals surface area contributed by atoms with E-state index in [0.717, 1.165) is 30.9 Å². The van der Waals surface area contributed by atoms with Gasteiger partial charge in [-0.2, -0.15) is 5.10 Å². The molecule has 2 amide bonds. The number of aromatic nitrogens is 4. The van der Waals surface area contributed by atoms with Crippen molar-refractivity contribution in [2.45, 2.75) is 40.2 Å². The number of benzene rings is 1. The molecular formula is C29H36FN7O2. The van der Waals surface area contributed by atoms with Crippen molar-refractivity contribution in [1.29, 1.82) is 0 Å². The third kappa shape index (κ3) is 5.71. The lowest BCUT2D eigenvalue weighted by Gasteiger charge is -2.25. The minimum absolute atomic E-state index is 0.0173. The molecule has 2 aliphatic heterocycles. The highest BCUT2D eigenvalue weighted by atomic mass is 19.1. The maximum absolute atomic E-state index is 13.9. The molecular weight excluding hydrogens is 497 g/mol. The van der Waals surface area contributed by atoms with E-state index in [9.17, 15) is 14.0 Å². The van der Waals surface area contributed by atoms with Crippen LogP contribution in [-0.4, -0.2) is 74.1 Å². The molecule has 39 heavy (non-hydrogen) atoms. The van der Waals surface area contributed by atoms with Crippen LogP contribution in [0.4, 0.5) is 4.39 Å². The summed E-state index contributed by atoms with van der Waals surface area (Å²) in [7, 11) is 0. The van der Waals surface area contributed by atoms with Crippen molar-refractivity contribution >= 4 is 11.8 Å². The van der Waals surface area contributed by atoms with E-state index < -0.39 is 0 Å². The molecule has 2 saturated heterocycles. The number of likely N-dealkylation sites (tertiary alicyclic amines) is 2. The van der Waals surface area contributed by atoms with Crippen molar-refractivity contribution in [3.8, 4) is 5.82 Å². The van der Waals surface area contributed by atoms with Gasteiger partial charge in [0.1, 0.15) is 5.82 Å². The zero-order chi connectivity index (χ0) is 27.7. The number of halogens is 1. The Hall–Kier alpha value is -3.66. The quantitative estimate of drug-likeness (QED) is 0.477. The van der Waals surface area contributed by atoms with E-state index in [1.165, 1.54) is 12.1 Å². The molecule has 2 aromatic heterocycles. The van der Waals surface area contributed by atoms with Crippen molar-refractivity contribution in [3.05, 3.63) is 71.2 Å². The third-order valence-electron chi connectivity index (χ3n) is 7.95. The highest BCUT2D eigenvalue weighted by Crippen LogP contribution is 2.33. The lowest BCUT2D eigenvalue weighted by atomic mass is 10.0. The molecule has 206 valence electrons. The van der Waals surface area contributed by atoms with Crippen LogP contribution in [-0.2, 0) is 4.79 Å². The van der Waals surface area contributed by atoms with E-state index in [2.05, 4.69) is 25.3 Å². The predicted molar refractivity (Wildman–Crippen MR) is 145 cm³/mol. The summed E-state index contributed by atoms with van der Waals surface area (Å²) in [5.74, 6) is 0.936. The zero-order valence-corrected chi connectivity index (χ0v) is 23.0. The Morgan fingerprint density at radius 3 is 2.49 bits per heavy atom. The Balaban J connectivity index is 1.20. The summed E-state index contributed by atoms with van der Waals surface area (Å²) in [6, 6.07) is 6.23. The van der Waals surface area contributed by atoms with Gasteiger partial charge in [-0.15, -0.1) is 0 Å². The van der Waals surface area contributed by atoms with Crippen LogP contribution < -0.4 is 5.32 Å². The largest absolute Gasteiger partial charge is 0.349 e. The number of carbonyl (C=O) groups excluding carboxylic acids is 2. The summed E-state index contributed by atoms with van der Waals surface area (Å²) >= 11 is 0. The van der Waals surface area contributed by atoms with Gasteiger partial charge < -0.3 is 15.1 Å². The first kappa shape index (κ1) is 26.9. The van der Waals surface area contributed by atoms with Crippen molar-refractivity contribution in [2.75, 3.05) is 32.7 Å². The van der Waals surface area contributed by atoms with Gasteiger partial charge in [0.2, 0.25) is 5.91 Å². The number of rotatable bonds is 8. The minimum Gasteiger partial charge on any atom is -0.349 e. The number of fused-ring (bicyclic) bond motifs is 1. The highest BCUT2D eigenvalue weighted by Gasteiger charge is 2.42. The number of hydrogen-bond donors (Lipinski definition) is 1. The van der Waals surface area contributed by atoms with Crippen LogP contribution in [0.25, 0.3) is 5.82 Å². The van der Waals surface area contributed by atoms with Gasteiger partial charge in [-0.05, 0) is 49.8 Å². The maximum atomic E-state index is 13.9. The molecule has 3 aromatic rings. The lowest BCUT2D eigenvalue weighted by molar-refractivity contribution is -0.124. The summed E-state index contributed by atoms with van der Waals surface area (Å²) < 4.78 is 15.6. The molecule has 4 heterocycles. The first-order valence-electron chi connectivity index (χ1n) is 13.6. The van der Waals surface area contributed by atoms with Crippen LogP contribution in [0.3, 0.4) is 0 Å². The molecule has 3 atom stereocenters. The molecule has 0 spiro atoms. The molecule has 1 aromatic carbocycles. The Morgan fingerprint density at radius 1 is 1.10 bits per heavy atom. The van der Waals surface area contributed by atoms with Crippen LogP contribution in [0.1, 0.15) is 53.6 Å². The van der Waals surface area contributed by atoms with Gasteiger partial charge in [-0.3, -0.25) is 14.6 Å². The summed E-state index contributed by atoms with van der Waals surface area (Å²) in [4.78, 5) is 38.8. The van der Waals surface area contributed by atoms with Crippen molar-refractivity contribution < 1.29 is 14.0 Å². The first-order valence-corrected chi connectivity index (χ1v) is 13.6. The minimum atomic E-state index is -0.301. The number of aryl methyl sites for hydroxylation is 1. The highest BCUT2D eigenvalue weighted by molar-refractivity contribution is 5.96. The summed E-state index contributed by atoms with van der Waals surface area (Å²) in [5, 5.41) is 7.66. The monoisotopic (exact) mass is 533 g/mol. The van der Waals surface area contributed by atoms with Crippen molar-refractivity contribution in [3.63, 3.8) is 0 Å². The number of nitrogens with one attached hydrogen (secondary N) is 1. The summed E-state index contributed by atoms with van der Waals surface area (Å²) in [6.45, 7) is 11.5. The molecule has 2 unspecified atom stereocenters. The summed E-state index contributed by atoms with van der Waals surface area (Å²) in [5.41, 5.74) is 2.88. The normalized spacial score (nSPS) is 19.9. The summed E-state index contributed by atoms with van der Waals surface area (Å²) in [6.07, 6.45) is 5.55. The molecule has 10 heteroatoms. The molecule has 0 saturated carbocycles. The Kier molecular flexibility index (Phi) is 7.74. The molecule has 5 rings (SSSR count). The fourth-order valence-corrected chi connectivity index (χ4v) is 5.87. The molecule has 0 radical (unpaired) electrons. The first-order chi connectivity index (χ1) is 18.7. The van der Waals surface area contributed by atoms with Crippen molar-refractivity contribution in [1.82, 2.24) is 34.9 Å². The lowest BCUT2D eigenvalue weighted by Crippen LogP contribution is -2.36. The van der Waals surface area contributed by atoms with Crippen LogP contribution in [0.15, 0.2) is 42.9 Å². The number of nitrogens with zero attached hydrogens (tertiary/aromatic N) is 6. The maximum Gasteiger partial charge on any atom is 0.257 e. The van der Waals surface area contributed by atoms with Crippen LogP contribution in [0.2, 0.25) is 0 Å². The van der Waals surface area contributed by atoms with Gasteiger partial charge >= 0.3 is 0 Å². The van der Waals surface area contributed by atoms with Gasteiger partial charge in [0.15, 0.2) is 5.82 Å². The van der Waals surface area contributed by atoms with Gasteiger partial charge in [-0.25, -0.2) is 14.1 Å². The smallest absolute Gasteiger partial charge is 0.257 e. The van der Waals surface area contributed by atoms with Gasteiger partial charge in [0.05, 0.1) is 29.2 Å². The molecule has 1 N–H and O–H groups in total. The van der Waals surface area contributed by atoms with E-state index in [0.29, 0.717) is 48.4 Å². The van der Waals surface area contributed by atoms with Crippen LogP contribution >= 0.6 is 0 Å². The average Bonchev–Trinajstić information content (AvgIpc) is 3.57. The van der Waals surface area contributed by atoms with Gasteiger partial charge in [-0.1, -0.05) is 26.0 Å². The zero-order valence-electron chi connectivity index (χ0n) is 23.0. The van der Waals surface area contributed by atoms with E-state index >= 15 is 0 Å². The van der Waals surface area contributed by atoms with E-state index in [-0.39, 0.29) is 29.6 Å². The number of amides is 2. The van der Waals surface area contributed by atoms with Crippen LogP contribution in [0, 0.1) is 37.4 Å². The standard InChI is InChI=1S/C29H36FN7O2/c1-18(2)28(38)33-25(21-6-5-7-24(30)12-21)8-11-35-14-22-16-36(17-23(22)15-35)29(39)27-19(3)34-37(20(27)4)26-13-31-9-10-32-26/h5-7,9-10,12-13,18,22-23,25H,8,11,14-17H2,1-4H3,(H,33,38)/t22?,23?,25-/m0/s1. The third-order valence-corrected chi connectivity index (χ3v) is 7.95. The van der Waals surface area contributed by atoms with Gasteiger partial charge in [0.25, 0.3) is 5.91 Å². The Bertz CT molecular complexity index is 1330. The second kappa shape index (κ2) is 11.2. The topological polar surface area (TPSA) is 96.2 Å². The molecule has 0 bridgehead atoms. The van der Waals surface area contributed by atoms with E-state index in [1.54, 1.807) is 29.3 Å². The fourth-order valence-electron chi connectivity index (χ4n) is 5.87.